The van der Waals surface area contributed by atoms with Gasteiger partial charge in [0.25, 0.3) is 0 Å². The Morgan fingerprint density at radius 2 is 1.32 bits per heavy atom. The molecular weight excluding hydrogens is 1420 g/mol. The summed E-state index contributed by atoms with van der Waals surface area (Å²) in [5, 5.41) is 8.54. The summed E-state index contributed by atoms with van der Waals surface area (Å²) in [5.74, 6) is -10.8. The molecule has 0 radical (unpaired) electrons. The van der Waals surface area contributed by atoms with Crippen LogP contribution in [0.2, 0.25) is 0 Å². The predicted molar refractivity (Wildman–Crippen MR) is 383 cm³/mol. The Kier molecular flexibility index (Phi) is 28.4. The molecule has 2 aromatic rings. The first-order valence-electron chi connectivity index (χ1n) is 37.3. The van der Waals surface area contributed by atoms with Crippen molar-refractivity contribution in [3.8, 4) is 5.75 Å². The Morgan fingerprint density at radius 3 is 1.91 bits per heavy atom. The Labute approximate surface area is 627 Å². The van der Waals surface area contributed by atoms with E-state index in [4.69, 9.17) is 9.47 Å². The summed E-state index contributed by atoms with van der Waals surface area (Å²) < 4.78 is 95.6. The number of aryl methyl sites for hydroxylation is 1. The van der Waals surface area contributed by atoms with Crippen molar-refractivity contribution in [3.63, 3.8) is 0 Å². The summed E-state index contributed by atoms with van der Waals surface area (Å²) >= 11 is 0. The zero-order chi connectivity index (χ0) is 79.6. The SMILES string of the molecule is CCO[C@@H]1C[C@H]2C(=O)NC3(CCC3)C(=O)N(C)[C@@H](C3CCCC3)C(=O)N(C)[C@H](C(=O)N(C)C)CC(=O)N(C)[C@@H](CC3CC3)C(=O)N[C@@H]([C@@H](C)CC)C(=O)N(C)CC(=O)N(C)[C@H]3C/C=C\CCN(C3=O)[C@@H](Cc3ccc(C(F)(F)F)cc3)C(=O)N(C)CC(=O)N[C@@H](CCc3ccc(C(F)(F)F)c(OC)c3)C(=O)N2C1. The number of benzene rings is 2. The minimum Gasteiger partial charge on any atom is -0.496 e. The lowest BCUT2D eigenvalue weighted by molar-refractivity contribution is -0.158. The molecule has 3 aliphatic heterocycles. The molecule has 12 amide bonds. The van der Waals surface area contributed by atoms with Gasteiger partial charge in [-0.15, -0.1) is 0 Å². The molecule has 5 fully saturated rings. The van der Waals surface area contributed by atoms with Gasteiger partial charge in [-0.1, -0.05) is 76.3 Å². The lowest BCUT2D eigenvalue weighted by Gasteiger charge is -2.46. The van der Waals surface area contributed by atoms with Crippen LogP contribution in [0.15, 0.2) is 54.6 Å². The first-order valence-corrected chi connectivity index (χ1v) is 37.3. The number of nitrogens with one attached hydrogen (secondary N) is 3. The van der Waals surface area contributed by atoms with E-state index in [0.29, 0.717) is 38.5 Å². The maximum absolute atomic E-state index is 15.6. The fourth-order valence-electron chi connectivity index (χ4n) is 15.3. The normalized spacial score (nSPS) is 26.7. The molecule has 6 aliphatic rings. The van der Waals surface area contributed by atoms with Crippen LogP contribution in [0.25, 0.3) is 0 Å². The second-order valence-corrected chi connectivity index (χ2v) is 30.2. The van der Waals surface area contributed by atoms with Gasteiger partial charge in [0.2, 0.25) is 70.9 Å². The number of hydrogen-bond acceptors (Lipinski definition) is 14. The summed E-state index contributed by atoms with van der Waals surface area (Å²) in [7, 11) is 12.0. The van der Waals surface area contributed by atoms with E-state index in [0.717, 1.165) is 75.9 Å². The number of likely N-dealkylation sites (N-methyl/N-ethyl adjacent to an activating group) is 7. The number of carbonyl (C=O) groups excluding carboxylic acids is 12. The second kappa shape index (κ2) is 36.1. The van der Waals surface area contributed by atoms with E-state index in [1.54, 1.807) is 32.9 Å². The van der Waals surface area contributed by atoms with Crippen LogP contribution in [-0.4, -0.2) is 271 Å². The molecule has 2 aromatic carbocycles. The van der Waals surface area contributed by atoms with Gasteiger partial charge in [0.15, 0.2) is 0 Å². The largest absolute Gasteiger partial charge is 0.496 e. The lowest BCUT2D eigenvalue weighted by atomic mass is 9.74. The molecule has 3 aliphatic carbocycles. The van der Waals surface area contributed by atoms with Crippen molar-refractivity contribution in [1.82, 2.24) is 60.0 Å². The van der Waals surface area contributed by atoms with Gasteiger partial charge in [0.1, 0.15) is 59.6 Å². The summed E-state index contributed by atoms with van der Waals surface area (Å²) in [6.07, 6.45) is -3.72. The highest BCUT2D eigenvalue weighted by Crippen LogP contribution is 2.41. The molecule has 108 heavy (non-hydrogen) atoms. The zero-order valence-electron chi connectivity index (χ0n) is 63.9. The fourth-order valence-corrected chi connectivity index (χ4v) is 15.3. The molecule has 2 saturated heterocycles. The van der Waals surface area contributed by atoms with Crippen LogP contribution in [0.4, 0.5) is 26.3 Å². The second-order valence-electron chi connectivity index (χ2n) is 30.2. The van der Waals surface area contributed by atoms with Crippen LogP contribution in [0.5, 0.6) is 5.75 Å². The molecule has 3 heterocycles. The first kappa shape index (κ1) is 84.8. The third-order valence-corrected chi connectivity index (χ3v) is 22.5. The number of carbonyl (C=O) groups is 12. The number of ether oxygens (including phenoxy) is 2. The third-order valence-electron chi connectivity index (χ3n) is 22.5. The van der Waals surface area contributed by atoms with Crippen LogP contribution in [0.3, 0.4) is 0 Å². The van der Waals surface area contributed by atoms with E-state index < -0.39 is 198 Å². The Bertz CT molecular complexity index is 3660. The van der Waals surface area contributed by atoms with Gasteiger partial charge in [-0.2, -0.15) is 26.3 Å². The minimum atomic E-state index is -4.82. The molecule has 3 N–H and O–H groups in total. The maximum Gasteiger partial charge on any atom is 0.419 e. The van der Waals surface area contributed by atoms with E-state index in [-0.39, 0.29) is 88.1 Å². The van der Waals surface area contributed by atoms with Crippen molar-refractivity contribution in [2.75, 3.05) is 96.3 Å². The van der Waals surface area contributed by atoms with Gasteiger partial charge in [0.05, 0.1) is 43.9 Å². The zero-order valence-corrected chi connectivity index (χ0v) is 63.9. The predicted octanol–water partition coefficient (Wildman–Crippen LogP) is 5.22. The topological polar surface area (TPSA) is 289 Å². The highest BCUT2D eigenvalue weighted by molar-refractivity contribution is 6.01. The van der Waals surface area contributed by atoms with E-state index in [1.165, 1.54) is 86.9 Å². The molecule has 1 spiro atoms. The summed E-state index contributed by atoms with van der Waals surface area (Å²) in [4.78, 5) is 192. The summed E-state index contributed by atoms with van der Waals surface area (Å²) in [5.41, 5.74) is -3.37. The number of rotatable bonds is 14. The number of halogens is 6. The van der Waals surface area contributed by atoms with Gasteiger partial charge >= 0.3 is 12.4 Å². The molecule has 0 aromatic heterocycles. The maximum atomic E-state index is 15.6. The summed E-state index contributed by atoms with van der Waals surface area (Å²) in [6.45, 7) is 3.38. The average molecular weight is 1530 g/mol. The first-order chi connectivity index (χ1) is 50.9. The van der Waals surface area contributed by atoms with Gasteiger partial charge in [-0.05, 0) is 124 Å². The van der Waals surface area contributed by atoms with Crippen LogP contribution < -0.4 is 20.7 Å². The number of fused-ring (bicyclic) bond motifs is 3. The van der Waals surface area contributed by atoms with Gasteiger partial charge < -0.3 is 69.5 Å². The van der Waals surface area contributed by atoms with Crippen LogP contribution in [0.1, 0.15) is 146 Å². The van der Waals surface area contributed by atoms with Gasteiger partial charge in [-0.25, -0.2) is 0 Å². The molecule has 26 nitrogen and oxygen atoms in total. The number of nitrogens with zero attached hydrogens (tertiary/aromatic N) is 9. The smallest absolute Gasteiger partial charge is 0.419 e. The van der Waals surface area contributed by atoms with Crippen molar-refractivity contribution in [3.05, 3.63) is 76.9 Å². The molecule has 3 saturated carbocycles. The van der Waals surface area contributed by atoms with E-state index >= 15 is 28.8 Å². The van der Waals surface area contributed by atoms with Crippen molar-refractivity contribution in [2.24, 2.45) is 17.8 Å². The number of amides is 12. The number of methoxy groups -OCH3 is 1. The minimum absolute atomic E-state index is 0.0104. The Balaban J connectivity index is 1.22. The third kappa shape index (κ3) is 20.1. The highest BCUT2D eigenvalue weighted by atomic mass is 19.4. The Morgan fingerprint density at radius 1 is 0.676 bits per heavy atom. The Hall–Kier alpha value is -8.84. The quantitative estimate of drug-likeness (QED) is 0.162. The van der Waals surface area contributed by atoms with E-state index in [2.05, 4.69) is 16.0 Å². The van der Waals surface area contributed by atoms with Crippen LogP contribution in [0, 0.1) is 17.8 Å². The molecular formula is C76H106F6N12O14. The average Bonchev–Trinajstić information content (AvgIpc) is 1.27. The highest BCUT2D eigenvalue weighted by Gasteiger charge is 2.54. The van der Waals surface area contributed by atoms with E-state index in [9.17, 15) is 55.1 Å². The molecule has 10 atom stereocenters. The summed E-state index contributed by atoms with van der Waals surface area (Å²) in [6, 6.07) is -4.24. The molecule has 32 heteroatoms. The standard InChI is InChI=1S/C76H106F6N12O14/c1-13-45(3)63-71(104)88(7)44-62(97)89(8)54-23-16-15-19-36-93(70(54)103)58(38-47-26-30-50(31-27-47)75(77,78)79)69(102)87(6)43-60(95)83-53(33-29-48-28-32-52(76(80,81)82)59(39-48)107-12)67(100)94-42-51(108-14-2)40-56(94)66(99)85-74(34-20-35-74)73(106)92(11)64(49-21-17-18-22-49)72(105)91(10)57(68(101)86(4)5)41-61(96)90(9)55(65(98)84-63)37-46-24-25-46/h15-16,26-28,30-32,39,45-46,49,51,53-58,63-64H,13-14,17-25,29,33-38,40-44H2,1-12H3,(H,83,95)(H,84,98)(H,85,99)/b16-15-/t45-,51+,53-,54-,55-,56-,57-,58-,63-,64-/m0/s1. The van der Waals surface area contributed by atoms with Crippen molar-refractivity contribution in [2.45, 2.75) is 209 Å². The van der Waals surface area contributed by atoms with Gasteiger partial charge in [0, 0.05) is 88.9 Å². The number of hydrogen-bond donors (Lipinski definition) is 3. The van der Waals surface area contributed by atoms with E-state index in [1.807, 2.05) is 0 Å². The fraction of sp³-hybridized carbons (Fsp3) is 0.658. The van der Waals surface area contributed by atoms with Crippen LogP contribution >= 0.6 is 0 Å². The monoisotopic (exact) mass is 1520 g/mol. The van der Waals surface area contributed by atoms with Gasteiger partial charge in [-0.3, -0.25) is 57.5 Å². The lowest BCUT2D eigenvalue weighted by Crippen LogP contribution is -2.68. The molecule has 8 rings (SSSR count). The number of alkyl halides is 6. The van der Waals surface area contributed by atoms with Crippen molar-refractivity contribution < 1.29 is 93.4 Å². The molecule has 0 unspecified atom stereocenters. The van der Waals surface area contributed by atoms with Crippen molar-refractivity contribution >= 4 is 70.9 Å². The van der Waals surface area contributed by atoms with Crippen molar-refractivity contribution in [1.29, 1.82) is 0 Å². The molecule has 2 bridgehead atoms. The van der Waals surface area contributed by atoms with Crippen LogP contribution in [-0.2, 0) is 87.5 Å². The molecule has 596 valence electrons.